The average Bonchev–Trinajstić information content (AvgIpc) is 2.71. The molecule has 0 saturated heterocycles. The first kappa shape index (κ1) is 18.5. The quantitative estimate of drug-likeness (QED) is 0.762. The summed E-state index contributed by atoms with van der Waals surface area (Å²) in [6.07, 6.45) is 6.18. The minimum Gasteiger partial charge on any atom is -0.326 e. The largest absolute Gasteiger partial charge is 0.326 e. The van der Waals surface area contributed by atoms with Crippen molar-refractivity contribution in [2.75, 3.05) is 10.6 Å². The second-order valence-corrected chi connectivity index (χ2v) is 8.05. The van der Waals surface area contributed by atoms with E-state index < -0.39 is 0 Å². The van der Waals surface area contributed by atoms with Crippen molar-refractivity contribution in [3.8, 4) is 0 Å². The second kappa shape index (κ2) is 7.63. The topological polar surface area (TPSA) is 58.2 Å². The highest BCUT2D eigenvalue weighted by Gasteiger charge is 2.48. The van der Waals surface area contributed by atoms with Gasteiger partial charge in [0.2, 0.25) is 11.8 Å². The zero-order valence-electron chi connectivity index (χ0n) is 16.3. The van der Waals surface area contributed by atoms with E-state index in [-0.39, 0.29) is 35.5 Å². The van der Waals surface area contributed by atoms with Crippen LogP contribution >= 0.6 is 0 Å². The van der Waals surface area contributed by atoms with Crippen LogP contribution in [0.15, 0.2) is 60.7 Å². The molecule has 144 valence electrons. The van der Waals surface area contributed by atoms with Crippen molar-refractivity contribution < 1.29 is 9.59 Å². The Balaban J connectivity index is 1.54. The number of carbonyl (C=O) groups is 2. The number of rotatable bonds is 4. The van der Waals surface area contributed by atoms with Gasteiger partial charge in [-0.25, -0.2) is 0 Å². The molecule has 4 nitrogen and oxygen atoms in total. The first-order valence-corrected chi connectivity index (χ1v) is 9.94. The Morgan fingerprint density at radius 3 is 1.36 bits per heavy atom. The highest BCUT2D eigenvalue weighted by atomic mass is 16.2. The van der Waals surface area contributed by atoms with E-state index in [1.807, 2.05) is 62.4 Å². The first-order valence-electron chi connectivity index (χ1n) is 9.94. The molecule has 2 bridgehead atoms. The Morgan fingerprint density at radius 1 is 0.679 bits per heavy atom. The summed E-state index contributed by atoms with van der Waals surface area (Å²) in [7, 11) is 0. The molecule has 0 heterocycles. The van der Waals surface area contributed by atoms with Gasteiger partial charge in [-0.05, 0) is 62.8 Å². The highest BCUT2D eigenvalue weighted by Crippen LogP contribution is 2.45. The fourth-order valence-corrected chi connectivity index (χ4v) is 4.43. The molecule has 3 aliphatic carbocycles. The zero-order valence-corrected chi connectivity index (χ0v) is 16.3. The molecule has 4 atom stereocenters. The Morgan fingerprint density at radius 2 is 1.04 bits per heavy atom. The maximum absolute atomic E-state index is 13.1. The van der Waals surface area contributed by atoms with Crippen molar-refractivity contribution in [2.45, 2.75) is 26.7 Å². The van der Waals surface area contributed by atoms with E-state index in [0.717, 1.165) is 35.3 Å². The molecule has 3 aliphatic rings. The van der Waals surface area contributed by atoms with Gasteiger partial charge in [0.05, 0.1) is 11.8 Å². The van der Waals surface area contributed by atoms with Gasteiger partial charge < -0.3 is 10.6 Å². The lowest BCUT2D eigenvalue weighted by Crippen LogP contribution is -2.48. The van der Waals surface area contributed by atoms with E-state index in [0.29, 0.717) is 0 Å². The van der Waals surface area contributed by atoms with E-state index in [1.54, 1.807) is 0 Å². The lowest BCUT2D eigenvalue weighted by molar-refractivity contribution is -0.134. The van der Waals surface area contributed by atoms with Crippen LogP contribution in [0.4, 0.5) is 11.4 Å². The van der Waals surface area contributed by atoms with E-state index >= 15 is 0 Å². The highest BCUT2D eigenvalue weighted by molar-refractivity contribution is 6.00. The number of nitrogens with one attached hydrogen (secondary N) is 2. The van der Waals surface area contributed by atoms with Gasteiger partial charge in [0.1, 0.15) is 0 Å². The van der Waals surface area contributed by atoms with E-state index in [1.165, 1.54) is 0 Å². The van der Waals surface area contributed by atoms with Gasteiger partial charge in [0, 0.05) is 11.4 Å². The smallest absolute Gasteiger partial charge is 0.228 e. The van der Waals surface area contributed by atoms with Crippen molar-refractivity contribution in [1.29, 1.82) is 0 Å². The van der Waals surface area contributed by atoms with Crippen LogP contribution in [0.1, 0.15) is 24.0 Å². The molecule has 4 heteroatoms. The molecule has 1 fully saturated rings. The lowest BCUT2D eigenvalue weighted by atomic mass is 9.61. The zero-order chi connectivity index (χ0) is 19.7. The normalized spacial score (nSPS) is 25.4. The molecule has 0 unspecified atom stereocenters. The molecule has 1 saturated carbocycles. The number of carbonyl (C=O) groups excluding carboxylic acids is 2. The Kier molecular flexibility index (Phi) is 5.03. The summed E-state index contributed by atoms with van der Waals surface area (Å²) in [4.78, 5) is 26.3. The lowest BCUT2D eigenvalue weighted by Gasteiger charge is -2.43. The number of anilines is 2. The van der Waals surface area contributed by atoms with Crippen LogP contribution in [0.25, 0.3) is 0 Å². The third-order valence-electron chi connectivity index (χ3n) is 5.99. The molecule has 2 aromatic carbocycles. The summed E-state index contributed by atoms with van der Waals surface area (Å²) in [6.45, 7) is 4.03. The van der Waals surface area contributed by atoms with E-state index in [2.05, 4.69) is 22.8 Å². The van der Waals surface area contributed by atoms with Crippen LogP contribution in [0.5, 0.6) is 0 Å². The molecule has 5 rings (SSSR count). The van der Waals surface area contributed by atoms with Gasteiger partial charge >= 0.3 is 0 Å². The Bertz CT molecular complexity index is 824. The molecule has 0 spiro atoms. The van der Waals surface area contributed by atoms with Gasteiger partial charge in [0.15, 0.2) is 0 Å². The molecule has 28 heavy (non-hydrogen) atoms. The van der Waals surface area contributed by atoms with Crippen molar-refractivity contribution >= 4 is 23.2 Å². The molecular formula is C24H26N2O2. The minimum atomic E-state index is -0.337. The number of benzene rings is 2. The summed E-state index contributed by atoms with van der Waals surface area (Å²) >= 11 is 0. The number of hydrogen-bond donors (Lipinski definition) is 2. The van der Waals surface area contributed by atoms with Crippen molar-refractivity contribution in [1.82, 2.24) is 0 Å². The van der Waals surface area contributed by atoms with Crippen molar-refractivity contribution in [3.63, 3.8) is 0 Å². The van der Waals surface area contributed by atoms with Crippen LogP contribution in [0, 0.1) is 37.5 Å². The SMILES string of the molecule is Cc1ccc(NC(=O)[C@H]2[C@H](C(=O)Nc3ccc(C)cc3)[C@@H]3C=C[C@@H]2CC3)cc1. The summed E-state index contributed by atoms with van der Waals surface area (Å²) in [6, 6.07) is 15.5. The molecule has 2 aromatic rings. The Hall–Kier alpha value is -2.88. The second-order valence-electron chi connectivity index (χ2n) is 8.05. The number of amides is 2. The minimum absolute atomic E-state index is 0.0630. The first-order chi connectivity index (χ1) is 13.5. The van der Waals surface area contributed by atoms with Crippen LogP contribution in [-0.4, -0.2) is 11.8 Å². The van der Waals surface area contributed by atoms with Gasteiger partial charge in [-0.1, -0.05) is 47.5 Å². The fourth-order valence-electron chi connectivity index (χ4n) is 4.43. The third-order valence-corrected chi connectivity index (χ3v) is 5.99. The summed E-state index contributed by atoms with van der Waals surface area (Å²) in [5, 5.41) is 6.05. The maximum Gasteiger partial charge on any atom is 0.228 e. The third kappa shape index (κ3) is 3.72. The van der Waals surface area contributed by atoms with Crippen molar-refractivity contribution in [2.24, 2.45) is 23.7 Å². The fraction of sp³-hybridized carbons (Fsp3) is 0.333. The van der Waals surface area contributed by atoms with Crippen LogP contribution in [0.2, 0.25) is 0 Å². The van der Waals surface area contributed by atoms with E-state index in [9.17, 15) is 9.59 Å². The summed E-state index contributed by atoms with van der Waals surface area (Å²) in [5.74, 6) is -0.571. The summed E-state index contributed by atoms with van der Waals surface area (Å²) in [5.41, 5.74) is 3.85. The molecule has 0 aromatic heterocycles. The van der Waals surface area contributed by atoms with Gasteiger partial charge in [0.25, 0.3) is 0 Å². The van der Waals surface area contributed by atoms with Crippen LogP contribution < -0.4 is 10.6 Å². The molecule has 0 radical (unpaired) electrons. The van der Waals surface area contributed by atoms with Gasteiger partial charge in [-0.15, -0.1) is 0 Å². The van der Waals surface area contributed by atoms with Crippen LogP contribution in [-0.2, 0) is 9.59 Å². The molecule has 0 aliphatic heterocycles. The predicted octanol–water partition coefficient (Wildman–Crippen LogP) is 4.71. The number of allylic oxidation sites excluding steroid dienone is 2. The molecular weight excluding hydrogens is 348 g/mol. The number of aryl methyl sites for hydroxylation is 2. The van der Waals surface area contributed by atoms with E-state index in [4.69, 9.17) is 0 Å². The van der Waals surface area contributed by atoms with Gasteiger partial charge in [-0.3, -0.25) is 9.59 Å². The van der Waals surface area contributed by atoms with Gasteiger partial charge in [-0.2, -0.15) is 0 Å². The Labute approximate surface area is 166 Å². The summed E-state index contributed by atoms with van der Waals surface area (Å²) < 4.78 is 0. The monoisotopic (exact) mass is 374 g/mol. The standard InChI is InChI=1S/C24H26N2O2/c1-15-3-11-19(12-4-15)25-23(27)21-17-7-9-18(10-8-17)22(21)24(28)26-20-13-5-16(2)6-14-20/h3-7,9,11-14,17-18,21-22H,8,10H2,1-2H3,(H,25,27)(H,26,28)/t17-,18-,21-,22-/m1/s1. The van der Waals surface area contributed by atoms with Crippen molar-refractivity contribution in [3.05, 3.63) is 71.8 Å². The maximum atomic E-state index is 13.1. The number of fused-ring (bicyclic) bond motifs is 2. The number of hydrogen-bond acceptors (Lipinski definition) is 2. The average molecular weight is 374 g/mol. The molecule has 2 N–H and O–H groups in total. The molecule has 2 amide bonds. The van der Waals surface area contributed by atoms with Crippen LogP contribution in [0.3, 0.4) is 0 Å². The predicted molar refractivity (Wildman–Crippen MR) is 112 cm³/mol.